The maximum Gasteiger partial charge on any atom is 0.134 e. The zero-order valence-corrected chi connectivity index (χ0v) is 15.5. The fourth-order valence-corrected chi connectivity index (χ4v) is 3.63. The minimum Gasteiger partial charge on any atom is -0.378 e. The summed E-state index contributed by atoms with van der Waals surface area (Å²) in [5, 5.41) is 0. The first kappa shape index (κ1) is 17.2. The van der Waals surface area contributed by atoms with Crippen LogP contribution in [0.2, 0.25) is 0 Å². The Kier molecular flexibility index (Phi) is 5.32. The van der Waals surface area contributed by atoms with Crippen molar-refractivity contribution in [2.75, 3.05) is 62.3 Å². The lowest BCUT2D eigenvalue weighted by Crippen LogP contribution is -2.46. The first-order valence-electron chi connectivity index (χ1n) is 9.47. The normalized spacial score (nSPS) is 19.0. The Hall–Kier alpha value is -2.18. The van der Waals surface area contributed by atoms with Crippen LogP contribution in [-0.4, -0.2) is 67.4 Å². The molecule has 6 nitrogen and oxygen atoms in total. The Morgan fingerprint density at radius 3 is 2.12 bits per heavy atom. The van der Waals surface area contributed by atoms with Crippen molar-refractivity contribution in [1.82, 2.24) is 14.9 Å². The molecule has 2 fully saturated rings. The molecule has 0 radical (unpaired) electrons. The van der Waals surface area contributed by atoms with Gasteiger partial charge >= 0.3 is 0 Å². The molecular weight excluding hydrogens is 326 g/mol. The number of aromatic nitrogens is 2. The summed E-state index contributed by atoms with van der Waals surface area (Å²) in [5.41, 5.74) is 1.38. The minimum absolute atomic E-state index is 0.774. The molecule has 3 heterocycles. The van der Waals surface area contributed by atoms with E-state index in [4.69, 9.17) is 9.72 Å². The van der Waals surface area contributed by atoms with E-state index in [1.165, 1.54) is 5.56 Å². The molecular formula is C20H27N5O. The van der Waals surface area contributed by atoms with Crippen LogP contribution in [0.3, 0.4) is 0 Å². The van der Waals surface area contributed by atoms with Gasteiger partial charge in [-0.3, -0.25) is 4.90 Å². The second kappa shape index (κ2) is 8.01. The average molecular weight is 353 g/mol. The molecule has 6 heteroatoms. The number of nitrogens with zero attached hydrogens (tertiary/aromatic N) is 5. The molecule has 2 aromatic rings. The van der Waals surface area contributed by atoms with Crippen molar-refractivity contribution in [3.8, 4) is 0 Å². The maximum atomic E-state index is 5.46. The molecule has 4 rings (SSSR count). The second-order valence-electron chi connectivity index (χ2n) is 6.98. The van der Waals surface area contributed by atoms with Gasteiger partial charge in [-0.05, 0) is 12.5 Å². The molecule has 0 spiro atoms. The Morgan fingerprint density at radius 1 is 0.846 bits per heavy atom. The zero-order valence-electron chi connectivity index (χ0n) is 15.5. The summed E-state index contributed by atoms with van der Waals surface area (Å²) >= 11 is 0. The highest BCUT2D eigenvalue weighted by Gasteiger charge is 2.20. The third-order valence-electron chi connectivity index (χ3n) is 5.09. The molecule has 0 N–H and O–H groups in total. The van der Waals surface area contributed by atoms with Gasteiger partial charge in [-0.2, -0.15) is 0 Å². The Balaban J connectivity index is 1.40. The van der Waals surface area contributed by atoms with Gasteiger partial charge in [-0.25, -0.2) is 9.97 Å². The molecule has 0 aliphatic carbocycles. The van der Waals surface area contributed by atoms with Crippen LogP contribution in [0.1, 0.15) is 11.4 Å². The van der Waals surface area contributed by atoms with Crippen LogP contribution in [0, 0.1) is 6.92 Å². The van der Waals surface area contributed by atoms with Crippen molar-refractivity contribution in [1.29, 1.82) is 0 Å². The van der Waals surface area contributed by atoms with Crippen molar-refractivity contribution < 1.29 is 4.74 Å². The predicted molar refractivity (Wildman–Crippen MR) is 104 cm³/mol. The summed E-state index contributed by atoms with van der Waals surface area (Å²) in [7, 11) is 0. The molecule has 26 heavy (non-hydrogen) atoms. The smallest absolute Gasteiger partial charge is 0.134 e. The molecule has 1 aromatic carbocycles. The first-order chi connectivity index (χ1) is 12.8. The van der Waals surface area contributed by atoms with E-state index in [9.17, 15) is 0 Å². The molecule has 0 atom stereocenters. The van der Waals surface area contributed by atoms with Gasteiger partial charge < -0.3 is 14.5 Å². The van der Waals surface area contributed by atoms with Crippen molar-refractivity contribution in [3.63, 3.8) is 0 Å². The lowest BCUT2D eigenvalue weighted by Gasteiger charge is -2.36. The third kappa shape index (κ3) is 4.14. The number of piperazine rings is 1. The Labute approximate surface area is 155 Å². The predicted octanol–water partition coefficient (Wildman–Crippen LogP) is 1.94. The summed E-state index contributed by atoms with van der Waals surface area (Å²) in [6.45, 7) is 10.5. The van der Waals surface area contributed by atoms with Crippen LogP contribution in [-0.2, 0) is 11.3 Å². The number of aryl methyl sites for hydroxylation is 1. The van der Waals surface area contributed by atoms with Gasteiger partial charge in [0.15, 0.2) is 0 Å². The molecule has 138 valence electrons. The average Bonchev–Trinajstić information content (AvgIpc) is 2.70. The number of hydrogen-bond donors (Lipinski definition) is 0. The molecule has 1 aromatic heterocycles. The Morgan fingerprint density at radius 2 is 1.46 bits per heavy atom. The highest BCUT2D eigenvalue weighted by molar-refractivity contribution is 5.51. The number of benzene rings is 1. The molecule has 2 saturated heterocycles. The molecule has 0 saturated carbocycles. The van der Waals surface area contributed by atoms with Gasteiger partial charge in [-0.15, -0.1) is 0 Å². The van der Waals surface area contributed by atoms with Crippen LogP contribution in [0.5, 0.6) is 0 Å². The fourth-order valence-electron chi connectivity index (χ4n) is 3.63. The summed E-state index contributed by atoms with van der Waals surface area (Å²) in [5.74, 6) is 2.93. The van der Waals surface area contributed by atoms with E-state index in [2.05, 4.69) is 56.1 Å². The van der Waals surface area contributed by atoms with E-state index >= 15 is 0 Å². The van der Waals surface area contributed by atoms with Gasteiger partial charge in [0.1, 0.15) is 17.5 Å². The number of hydrogen-bond acceptors (Lipinski definition) is 6. The molecule has 0 bridgehead atoms. The van der Waals surface area contributed by atoms with Crippen molar-refractivity contribution >= 4 is 11.6 Å². The van der Waals surface area contributed by atoms with E-state index in [1.807, 2.05) is 6.92 Å². The van der Waals surface area contributed by atoms with E-state index in [0.717, 1.165) is 76.5 Å². The van der Waals surface area contributed by atoms with Gasteiger partial charge in [-0.1, -0.05) is 30.3 Å². The van der Waals surface area contributed by atoms with Crippen LogP contribution >= 0.6 is 0 Å². The highest BCUT2D eigenvalue weighted by Crippen LogP contribution is 2.21. The SMILES string of the molecule is Cc1nc(N2CCOCC2)cc(N2CCN(Cc3ccccc3)CC2)n1. The Bertz CT molecular complexity index is 709. The van der Waals surface area contributed by atoms with E-state index < -0.39 is 0 Å². The van der Waals surface area contributed by atoms with E-state index in [0.29, 0.717) is 0 Å². The molecule has 2 aliphatic heterocycles. The van der Waals surface area contributed by atoms with Crippen LogP contribution in [0.4, 0.5) is 11.6 Å². The van der Waals surface area contributed by atoms with Crippen molar-refractivity contribution in [2.45, 2.75) is 13.5 Å². The number of anilines is 2. The monoisotopic (exact) mass is 353 g/mol. The quantitative estimate of drug-likeness (QED) is 0.837. The zero-order chi connectivity index (χ0) is 17.8. The number of rotatable bonds is 4. The minimum atomic E-state index is 0.774. The highest BCUT2D eigenvalue weighted by atomic mass is 16.5. The largest absolute Gasteiger partial charge is 0.378 e. The van der Waals surface area contributed by atoms with Gasteiger partial charge in [0.25, 0.3) is 0 Å². The van der Waals surface area contributed by atoms with Crippen molar-refractivity contribution in [3.05, 3.63) is 47.8 Å². The summed E-state index contributed by atoms with van der Waals surface area (Å²) < 4.78 is 5.46. The lowest BCUT2D eigenvalue weighted by atomic mass is 10.2. The summed E-state index contributed by atoms with van der Waals surface area (Å²) in [6, 6.07) is 12.9. The van der Waals surface area contributed by atoms with E-state index in [-0.39, 0.29) is 0 Å². The van der Waals surface area contributed by atoms with Gasteiger partial charge in [0.2, 0.25) is 0 Å². The number of morpholine rings is 1. The number of ether oxygens (including phenoxy) is 1. The molecule has 2 aliphatic rings. The maximum absolute atomic E-state index is 5.46. The summed E-state index contributed by atoms with van der Waals surface area (Å²) in [4.78, 5) is 16.5. The fraction of sp³-hybridized carbons (Fsp3) is 0.500. The second-order valence-corrected chi connectivity index (χ2v) is 6.98. The van der Waals surface area contributed by atoms with Crippen molar-refractivity contribution in [2.24, 2.45) is 0 Å². The lowest BCUT2D eigenvalue weighted by molar-refractivity contribution is 0.122. The van der Waals surface area contributed by atoms with E-state index in [1.54, 1.807) is 0 Å². The molecule has 0 unspecified atom stereocenters. The van der Waals surface area contributed by atoms with Crippen LogP contribution in [0.15, 0.2) is 36.4 Å². The standard InChI is InChI=1S/C20H27N5O/c1-17-21-19(15-20(22-17)25-11-13-26-14-12-25)24-9-7-23(8-10-24)16-18-5-3-2-4-6-18/h2-6,15H,7-14,16H2,1H3. The van der Waals surface area contributed by atoms with Gasteiger partial charge in [0, 0.05) is 51.9 Å². The van der Waals surface area contributed by atoms with Gasteiger partial charge in [0.05, 0.1) is 13.2 Å². The van der Waals surface area contributed by atoms with Crippen LogP contribution in [0.25, 0.3) is 0 Å². The third-order valence-corrected chi connectivity index (χ3v) is 5.09. The van der Waals surface area contributed by atoms with Crippen LogP contribution < -0.4 is 9.80 Å². The molecule has 0 amide bonds. The topological polar surface area (TPSA) is 44.7 Å². The first-order valence-corrected chi connectivity index (χ1v) is 9.47. The summed E-state index contributed by atoms with van der Waals surface area (Å²) in [6.07, 6.45) is 0.